The van der Waals surface area contributed by atoms with Crippen molar-refractivity contribution in [3.8, 4) is 0 Å². The molecule has 26 heavy (non-hydrogen) atoms. The predicted molar refractivity (Wildman–Crippen MR) is 105 cm³/mol. The van der Waals surface area contributed by atoms with Crippen molar-refractivity contribution in [3.05, 3.63) is 0 Å². The Morgan fingerprint density at radius 2 is 1.42 bits per heavy atom. The molecular formula is C20H38N4O2. The number of nitrogens with one attached hydrogen (secondary N) is 1. The standard InChI is InChI=1S/C20H38N4O2/c1-17(2)7-6-8-18(3)21-19(25)15-22-11-13-23(14-12-22)16-20(26)24-9-4-5-10-24/h17-18H,4-16H2,1-3H3,(H,21,25). The second-order valence-corrected chi connectivity index (χ2v) is 8.43. The third kappa shape index (κ3) is 7.62. The number of carbonyl (C=O) groups is 2. The van der Waals surface area contributed by atoms with Gasteiger partial charge in [0, 0.05) is 45.3 Å². The molecule has 0 bridgehead atoms. The molecule has 2 heterocycles. The Morgan fingerprint density at radius 1 is 0.846 bits per heavy atom. The van der Waals surface area contributed by atoms with E-state index in [0.29, 0.717) is 13.1 Å². The Hall–Kier alpha value is -1.14. The van der Waals surface area contributed by atoms with E-state index in [0.717, 1.165) is 64.4 Å². The highest BCUT2D eigenvalue weighted by Gasteiger charge is 2.24. The molecule has 2 rings (SSSR count). The maximum atomic E-state index is 12.2. The summed E-state index contributed by atoms with van der Waals surface area (Å²) in [6.07, 6.45) is 5.73. The topological polar surface area (TPSA) is 55.9 Å². The second-order valence-electron chi connectivity index (χ2n) is 8.43. The lowest BCUT2D eigenvalue weighted by atomic mass is 10.0. The van der Waals surface area contributed by atoms with Crippen LogP contribution in [0.5, 0.6) is 0 Å². The highest BCUT2D eigenvalue weighted by Crippen LogP contribution is 2.10. The molecule has 0 saturated carbocycles. The van der Waals surface area contributed by atoms with Crippen molar-refractivity contribution < 1.29 is 9.59 Å². The fraction of sp³-hybridized carbons (Fsp3) is 0.900. The Bertz CT molecular complexity index is 441. The van der Waals surface area contributed by atoms with Crippen LogP contribution < -0.4 is 5.32 Å². The van der Waals surface area contributed by atoms with Gasteiger partial charge in [0.25, 0.3) is 0 Å². The van der Waals surface area contributed by atoms with E-state index in [1.165, 1.54) is 12.8 Å². The summed E-state index contributed by atoms with van der Waals surface area (Å²) < 4.78 is 0. The van der Waals surface area contributed by atoms with Crippen LogP contribution in [0.2, 0.25) is 0 Å². The van der Waals surface area contributed by atoms with Crippen LogP contribution in [0.15, 0.2) is 0 Å². The first-order valence-electron chi connectivity index (χ1n) is 10.5. The monoisotopic (exact) mass is 366 g/mol. The van der Waals surface area contributed by atoms with Crippen LogP contribution in [-0.4, -0.2) is 84.9 Å². The number of hydrogen-bond acceptors (Lipinski definition) is 4. The van der Waals surface area contributed by atoms with Crippen molar-refractivity contribution in [3.63, 3.8) is 0 Å². The van der Waals surface area contributed by atoms with E-state index in [9.17, 15) is 9.59 Å². The molecule has 1 atom stereocenters. The lowest BCUT2D eigenvalue weighted by Crippen LogP contribution is -2.52. The maximum absolute atomic E-state index is 12.2. The summed E-state index contributed by atoms with van der Waals surface area (Å²) in [6.45, 7) is 12.9. The highest BCUT2D eigenvalue weighted by atomic mass is 16.2. The van der Waals surface area contributed by atoms with Crippen LogP contribution >= 0.6 is 0 Å². The summed E-state index contributed by atoms with van der Waals surface area (Å²) in [5.74, 6) is 1.12. The first kappa shape index (κ1) is 21.2. The molecule has 0 aliphatic carbocycles. The van der Waals surface area contributed by atoms with Crippen LogP contribution in [0.25, 0.3) is 0 Å². The molecular weight excluding hydrogens is 328 g/mol. The molecule has 1 N–H and O–H groups in total. The lowest BCUT2D eigenvalue weighted by Gasteiger charge is -2.34. The fourth-order valence-corrected chi connectivity index (χ4v) is 3.79. The van der Waals surface area contributed by atoms with E-state index in [4.69, 9.17) is 0 Å². The third-order valence-corrected chi connectivity index (χ3v) is 5.48. The predicted octanol–water partition coefficient (Wildman–Crippen LogP) is 1.56. The average Bonchev–Trinajstić information content (AvgIpc) is 3.10. The minimum absolute atomic E-state index is 0.128. The number of carbonyl (C=O) groups excluding carboxylic acids is 2. The normalized spacial score (nSPS) is 20.5. The molecule has 0 aromatic rings. The van der Waals surface area contributed by atoms with Crippen LogP contribution in [-0.2, 0) is 9.59 Å². The summed E-state index contributed by atoms with van der Waals surface area (Å²) in [4.78, 5) is 30.9. The SMILES string of the molecule is CC(C)CCCC(C)NC(=O)CN1CCN(CC(=O)N2CCCC2)CC1. The number of hydrogen-bond donors (Lipinski definition) is 1. The second kappa shape index (κ2) is 10.9. The van der Waals surface area contributed by atoms with Gasteiger partial charge in [-0.1, -0.05) is 26.7 Å². The van der Waals surface area contributed by atoms with Crippen molar-refractivity contribution in [2.24, 2.45) is 5.92 Å². The van der Waals surface area contributed by atoms with Gasteiger partial charge in [0.15, 0.2) is 0 Å². The summed E-state index contributed by atoms with van der Waals surface area (Å²) in [6, 6.07) is 0.251. The molecule has 2 saturated heterocycles. The van der Waals surface area contributed by atoms with Crippen molar-refractivity contribution in [2.45, 2.75) is 58.9 Å². The maximum Gasteiger partial charge on any atom is 0.236 e. The first-order valence-corrected chi connectivity index (χ1v) is 10.5. The average molecular weight is 367 g/mol. The number of likely N-dealkylation sites (tertiary alicyclic amines) is 1. The van der Waals surface area contributed by atoms with Crippen LogP contribution in [0.4, 0.5) is 0 Å². The van der Waals surface area contributed by atoms with E-state index in [2.05, 4.69) is 35.9 Å². The van der Waals surface area contributed by atoms with E-state index in [1.807, 2.05) is 4.90 Å². The van der Waals surface area contributed by atoms with Gasteiger partial charge in [-0.2, -0.15) is 0 Å². The quantitative estimate of drug-likeness (QED) is 0.673. The van der Waals surface area contributed by atoms with Crippen molar-refractivity contribution in [1.29, 1.82) is 0 Å². The minimum atomic E-state index is 0.128. The lowest BCUT2D eigenvalue weighted by molar-refractivity contribution is -0.132. The molecule has 6 heteroatoms. The summed E-state index contributed by atoms with van der Waals surface area (Å²) in [7, 11) is 0. The van der Waals surface area contributed by atoms with Gasteiger partial charge in [-0.15, -0.1) is 0 Å². The van der Waals surface area contributed by atoms with Gasteiger partial charge in [0.1, 0.15) is 0 Å². The molecule has 2 aliphatic rings. The number of nitrogens with zero attached hydrogens (tertiary/aromatic N) is 3. The Labute approximate surface area is 159 Å². The summed E-state index contributed by atoms with van der Waals surface area (Å²) in [5.41, 5.74) is 0. The first-order chi connectivity index (χ1) is 12.4. The zero-order chi connectivity index (χ0) is 18.9. The van der Waals surface area contributed by atoms with Crippen LogP contribution in [0.1, 0.15) is 52.9 Å². The molecule has 0 spiro atoms. The van der Waals surface area contributed by atoms with Gasteiger partial charge in [-0.25, -0.2) is 0 Å². The van der Waals surface area contributed by atoms with Crippen LogP contribution in [0.3, 0.4) is 0 Å². The molecule has 0 aromatic heterocycles. The Morgan fingerprint density at radius 3 is 2.00 bits per heavy atom. The smallest absolute Gasteiger partial charge is 0.236 e. The zero-order valence-corrected chi connectivity index (χ0v) is 17.0. The summed E-state index contributed by atoms with van der Waals surface area (Å²) in [5, 5.41) is 3.13. The molecule has 1 unspecified atom stereocenters. The van der Waals surface area contributed by atoms with Gasteiger partial charge in [0.05, 0.1) is 13.1 Å². The molecule has 2 fully saturated rings. The molecule has 2 aliphatic heterocycles. The molecule has 2 amide bonds. The van der Waals surface area contributed by atoms with Crippen molar-refractivity contribution >= 4 is 11.8 Å². The Kier molecular flexibility index (Phi) is 8.85. The third-order valence-electron chi connectivity index (χ3n) is 5.48. The number of rotatable bonds is 9. The number of piperazine rings is 1. The van der Waals surface area contributed by atoms with E-state index >= 15 is 0 Å². The number of amides is 2. The van der Waals surface area contributed by atoms with Gasteiger partial charge >= 0.3 is 0 Å². The molecule has 150 valence electrons. The van der Waals surface area contributed by atoms with Gasteiger partial charge < -0.3 is 10.2 Å². The highest BCUT2D eigenvalue weighted by molar-refractivity contribution is 5.79. The molecule has 0 radical (unpaired) electrons. The van der Waals surface area contributed by atoms with Crippen LogP contribution in [0, 0.1) is 5.92 Å². The fourth-order valence-electron chi connectivity index (χ4n) is 3.79. The van der Waals surface area contributed by atoms with Crippen molar-refractivity contribution in [2.75, 3.05) is 52.4 Å². The molecule has 6 nitrogen and oxygen atoms in total. The Balaban J connectivity index is 1.58. The van der Waals surface area contributed by atoms with E-state index in [-0.39, 0.29) is 17.9 Å². The van der Waals surface area contributed by atoms with Gasteiger partial charge in [0.2, 0.25) is 11.8 Å². The molecule has 0 aromatic carbocycles. The van der Waals surface area contributed by atoms with E-state index in [1.54, 1.807) is 0 Å². The minimum Gasteiger partial charge on any atom is -0.353 e. The van der Waals surface area contributed by atoms with Gasteiger partial charge in [-0.3, -0.25) is 19.4 Å². The zero-order valence-electron chi connectivity index (χ0n) is 17.0. The van der Waals surface area contributed by atoms with E-state index < -0.39 is 0 Å². The van der Waals surface area contributed by atoms with Gasteiger partial charge in [-0.05, 0) is 32.1 Å². The summed E-state index contributed by atoms with van der Waals surface area (Å²) >= 11 is 0. The largest absolute Gasteiger partial charge is 0.353 e. The van der Waals surface area contributed by atoms with Crippen molar-refractivity contribution in [1.82, 2.24) is 20.0 Å².